The number of ether oxygens (including phenoxy) is 2. The number of carbonyl (C=O) groups excluding carboxylic acids is 1. The number of hydrogen-bond donors (Lipinski definition) is 2. The second-order valence-electron chi connectivity index (χ2n) is 11.7. The van der Waals surface area contributed by atoms with Gasteiger partial charge in [-0.15, -0.1) is 49.6 Å². The van der Waals surface area contributed by atoms with E-state index in [4.69, 9.17) is 32.7 Å². The van der Waals surface area contributed by atoms with Crippen LogP contribution in [-0.2, 0) is 0 Å². The highest BCUT2D eigenvalue weighted by molar-refractivity contribution is 6.31. The summed E-state index contributed by atoms with van der Waals surface area (Å²) in [5.74, 6) is 0.506. The van der Waals surface area contributed by atoms with Gasteiger partial charge < -0.3 is 29.5 Å². The van der Waals surface area contributed by atoms with E-state index in [0.717, 1.165) is 73.8 Å². The van der Waals surface area contributed by atoms with Gasteiger partial charge in [-0.1, -0.05) is 41.4 Å². The molecule has 5 rings (SSSR count). The summed E-state index contributed by atoms with van der Waals surface area (Å²) in [7, 11) is 0. The molecule has 274 valence electrons. The maximum atomic E-state index is 12.6. The minimum Gasteiger partial charge on any atom is -0.490 e. The molecule has 49 heavy (non-hydrogen) atoms. The Labute approximate surface area is 324 Å². The van der Waals surface area contributed by atoms with E-state index < -0.39 is 12.2 Å². The Balaban J connectivity index is 0.00000300. The van der Waals surface area contributed by atoms with E-state index in [1.54, 1.807) is 18.2 Å². The van der Waals surface area contributed by atoms with Gasteiger partial charge in [0.25, 0.3) is 0 Å². The predicted octanol–water partition coefficient (Wildman–Crippen LogP) is 6.01. The van der Waals surface area contributed by atoms with Gasteiger partial charge in [-0.05, 0) is 55.5 Å². The van der Waals surface area contributed by atoms with Crippen molar-refractivity contribution in [2.75, 3.05) is 88.5 Å². The van der Waals surface area contributed by atoms with Crippen molar-refractivity contribution in [2.24, 2.45) is 0 Å². The second kappa shape index (κ2) is 22.1. The van der Waals surface area contributed by atoms with Crippen LogP contribution >= 0.6 is 72.8 Å². The van der Waals surface area contributed by atoms with Crippen LogP contribution in [0, 0.1) is 0 Å². The number of piperazine rings is 2. The topological polar surface area (TPSA) is 89.0 Å². The van der Waals surface area contributed by atoms with Crippen LogP contribution in [-0.4, -0.2) is 117 Å². The van der Waals surface area contributed by atoms with Gasteiger partial charge in [0.1, 0.15) is 42.5 Å². The molecule has 0 amide bonds. The molecule has 15 heteroatoms. The molecule has 2 aliphatic rings. The Hall–Kier alpha value is -1.89. The van der Waals surface area contributed by atoms with E-state index in [0.29, 0.717) is 30.2 Å². The molecular formula is C34H46Cl6N4O5. The fourth-order valence-electron chi connectivity index (χ4n) is 5.89. The zero-order chi connectivity index (χ0) is 31.8. The van der Waals surface area contributed by atoms with Crippen molar-refractivity contribution in [1.29, 1.82) is 0 Å². The van der Waals surface area contributed by atoms with Crippen LogP contribution in [0.3, 0.4) is 0 Å². The Bertz CT molecular complexity index is 1330. The van der Waals surface area contributed by atoms with Crippen LogP contribution in [0.1, 0.15) is 17.3 Å². The van der Waals surface area contributed by atoms with Crippen molar-refractivity contribution in [3.05, 3.63) is 82.3 Å². The van der Waals surface area contributed by atoms with Crippen molar-refractivity contribution < 1.29 is 24.5 Å². The van der Waals surface area contributed by atoms with E-state index in [1.165, 1.54) is 6.92 Å². The number of carbonyl (C=O) groups is 1. The Morgan fingerprint density at radius 3 is 1.37 bits per heavy atom. The molecule has 0 bridgehead atoms. The van der Waals surface area contributed by atoms with Gasteiger partial charge in [0.2, 0.25) is 0 Å². The lowest BCUT2D eigenvalue weighted by Gasteiger charge is -2.37. The lowest BCUT2D eigenvalue weighted by atomic mass is 10.1. The zero-order valence-electron chi connectivity index (χ0n) is 27.3. The number of benzene rings is 3. The molecule has 2 unspecified atom stereocenters. The van der Waals surface area contributed by atoms with Gasteiger partial charge in [-0.2, -0.15) is 0 Å². The zero-order valence-corrected chi connectivity index (χ0v) is 32.1. The molecule has 0 radical (unpaired) electrons. The summed E-state index contributed by atoms with van der Waals surface area (Å²) in [5.41, 5.74) is 2.51. The number of ketones is 1. The number of rotatable bonds is 13. The largest absolute Gasteiger partial charge is 0.490 e. The summed E-state index contributed by atoms with van der Waals surface area (Å²) in [5, 5.41) is 22.9. The number of β-amino-alcohol motifs (C(OH)–C–C–N with tert-alkyl or cyclic N) is 2. The first-order valence-electron chi connectivity index (χ1n) is 15.5. The fourth-order valence-corrected chi connectivity index (χ4v) is 6.26. The SMILES string of the molecule is CC(=O)c1c(OCC(O)CN2CCN(c3cccc(Cl)c3)CC2)cccc1OCC(O)CN1CCN(c2cccc(Cl)c2)CC1.Cl.Cl.Cl.Cl. The number of anilines is 2. The molecule has 2 fully saturated rings. The molecule has 2 saturated heterocycles. The van der Waals surface area contributed by atoms with E-state index in [2.05, 4.69) is 31.7 Å². The average molecular weight is 803 g/mol. The second-order valence-corrected chi connectivity index (χ2v) is 12.5. The summed E-state index contributed by atoms with van der Waals surface area (Å²) in [4.78, 5) is 21.6. The van der Waals surface area contributed by atoms with Gasteiger partial charge >= 0.3 is 0 Å². The highest BCUT2D eigenvalue weighted by Crippen LogP contribution is 2.30. The molecule has 9 nitrogen and oxygen atoms in total. The molecule has 0 spiro atoms. The van der Waals surface area contributed by atoms with E-state index in [9.17, 15) is 15.0 Å². The van der Waals surface area contributed by atoms with Crippen molar-refractivity contribution in [1.82, 2.24) is 9.80 Å². The van der Waals surface area contributed by atoms with Gasteiger partial charge in [0, 0.05) is 86.9 Å². The van der Waals surface area contributed by atoms with Crippen molar-refractivity contribution in [3.63, 3.8) is 0 Å². The normalized spacial score (nSPS) is 16.2. The average Bonchev–Trinajstić information content (AvgIpc) is 3.03. The third-order valence-corrected chi connectivity index (χ3v) is 8.70. The van der Waals surface area contributed by atoms with Crippen LogP contribution in [0.5, 0.6) is 11.5 Å². The fraction of sp³-hybridized carbons (Fsp3) is 0.441. The van der Waals surface area contributed by atoms with Crippen LogP contribution in [0.25, 0.3) is 0 Å². The molecule has 2 N–H and O–H groups in total. The monoisotopic (exact) mass is 800 g/mol. The molecule has 2 aliphatic heterocycles. The van der Waals surface area contributed by atoms with Crippen molar-refractivity contribution in [3.8, 4) is 11.5 Å². The summed E-state index contributed by atoms with van der Waals surface area (Å²) in [6, 6.07) is 20.9. The minimum atomic E-state index is -0.728. The van der Waals surface area contributed by atoms with Gasteiger partial charge in [-0.3, -0.25) is 14.6 Å². The Morgan fingerprint density at radius 1 is 0.653 bits per heavy atom. The third kappa shape index (κ3) is 13.3. The van der Waals surface area contributed by atoms with Crippen molar-refractivity contribution >= 4 is 90.0 Å². The predicted molar refractivity (Wildman–Crippen MR) is 209 cm³/mol. The lowest BCUT2D eigenvalue weighted by molar-refractivity contribution is 0.0625. The Kier molecular flexibility index (Phi) is 20.4. The first kappa shape index (κ1) is 45.1. The van der Waals surface area contributed by atoms with Crippen LogP contribution in [0.15, 0.2) is 66.7 Å². The first-order valence-corrected chi connectivity index (χ1v) is 16.2. The maximum Gasteiger partial charge on any atom is 0.167 e. The first-order chi connectivity index (χ1) is 21.7. The van der Waals surface area contributed by atoms with Crippen molar-refractivity contribution in [2.45, 2.75) is 19.1 Å². The number of nitrogens with zero attached hydrogens (tertiary/aromatic N) is 4. The quantitative estimate of drug-likeness (QED) is 0.202. The van der Waals surface area contributed by atoms with Crippen LogP contribution < -0.4 is 19.3 Å². The Morgan fingerprint density at radius 2 is 1.02 bits per heavy atom. The van der Waals surface area contributed by atoms with Gasteiger partial charge in [-0.25, -0.2) is 0 Å². The summed E-state index contributed by atoms with van der Waals surface area (Å²) < 4.78 is 11.9. The summed E-state index contributed by atoms with van der Waals surface area (Å²) in [6.45, 7) is 9.08. The van der Waals surface area contributed by atoms with Crippen LogP contribution in [0.2, 0.25) is 10.0 Å². The molecule has 0 aliphatic carbocycles. The minimum absolute atomic E-state index is 0. The number of hydrogen-bond acceptors (Lipinski definition) is 9. The number of Topliss-reactive ketones (excluding diaryl/α,β-unsaturated/α-hetero) is 1. The third-order valence-electron chi connectivity index (χ3n) is 8.23. The summed E-state index contributed by atoms with van der Waals surface area (Å²) >= 11 is 12.3. The molecule has 3 aromatic rings. The molecule has 0 saturated carbocycles. The highest BCUT2D eigenvalue weighted by Gasteiger charge is 2.23. The highest BCUT2D eigenvalue weighted by atomic mass is 35.5. The standard InChI is InChI=1S/C34H42Cl2N4O5.4ClH/c1-25(41)34-32(44-23-30(42)21-37-11-15-39(16-12-37)28-7-2-5-26(35)19-28)9-4-10-33(34)45-24-31(43)22-38-13-17-40(18-14-38)29-8-3-6-27(36)20-29;;;;/h2-10,19-20,30-31,42-43H,11-18,21-24H2,1H3;4*1H. The number of halogens is 6. The van der Waals surface area contributed by atoms with Crippen LogP contribution in [0.4, 0.5) is 11.4 Å². The molecule has 2 heterocycles. The molecule has 3 aromatic carbocycles. The molecule has 2 atom stereocenters. The summed E-state index contributed by atoms with van der Waals surface area (Å²) in [6.07, 6.45) is -1.46. The smallest absolute Gasteiger partial charge is 0.167 e. The number of aliphatic hydroxyl groups is 2. The molecule has 0 aromatic heterocycles. The van der Waals surface area contributed by atoms with E-state index in [1.807, 2.05) is 36.4 Å². The van der Waals surface area contributed by atoms with E-state index in [-0.39, 0.29) is 68.6 Å². The van der Waals surface area contributed by atoms with Gasteiger partial charge in [0.15, 0.2) is 5.78 Å². The number of aliphatic hydroxyl groups excluding tert-OH is 2. The van der Waals surface area contributed by atoms with E-state index >= 15 is 0 Å². The lowest BCUT2D eigenvalue weighted by Crippen LogP contribution is -2.49. The van der Waals surface area contributed by atoms with Gasteiger partial charge in [0.05, 0.1) is 0 Å². The maximum absolute atomic E-state index is 12.6. The molecular weight excluding hydrogens is 757 g/mol.